The molecule has 0 amide bonds. The second-order valence-electron chi connectivity index (χ2n) is 4.78. The molecular weight excluding hydrogens is 272 g/mol. The van der Waals surface area contributed by atoms with Crippen LogP contribution in [0.3, 0.4) is 0 Å². The van der Waals surface area contributed by atoms with Gasteiger partial charge in [0.1, 0.15) is 0 Å². The lowest BCUT2D eigenvalue weighted by atomic mass is 10.1. The first-order chi connectivity index (χ1) is 9.40. The lowest BCUT2D eigenvalue weighted by molar-refractivity contribution is 0.580. The fourth-order valence-corrected chi connectivity index (χ4v) is 3.25. The van der Waals surface area contributed by atoms with Crippen LogP contribution in [0, 0.1) is 13.8 Å². The lowest BCUT2D eigenvalue weighted by Crippen LogP contribution is -2.24. The van der Waals surface area contributed by atoms with Crippen molar-refractivity contribution < 1.29 is 8.42 Å². The second kappa shape index (κ2) is 5.64. The smallest absolute Gasteiger partial charge is 0.241 e. The molecule has 20 heavy (non-hydrogen) atoms. The molecule has 0 aromatic heterocycles. The average molecular weight is 290 g/mol. The van der Waals surface area contributed by atoms with Crippen molar-refractivity contribution >= 4 is 15.7 Å². The molecule has 0 saturated heterocycles. The minimum Gasteiger partial charge on any atom is -0.399 e. The summed E-state index contributed by atoms with van der Waals surface area (Å²) in [6, 6.07) is 12.6. The molecule has 0 radical (unpaired) electrons. The highest BCUT2D eigenvalue weighted by atomic mass is 32.2. The van der Waals surface area contributed by atoms with E-state index in [2.05, 4.69) is 4.72 Å². The van der Waals surface area contributed by atoms with Crippen LogP contribution in [0.4, 0.5) is 5.69 Å². The van der Waals surface area contributed by atoms with Gasteiger partial charge >= 0.3 is 0 Å². The van der Waals surface area contributed by atoms with Crippen LogP contribution in [-0.2, 0) is 16.6 Å². The molecule has 0 saturated carbocycles. The van der Waals surface area contributed by atoms with Crippen LogP contribution in [0.25, 0.3) is 0 Å². The highest BCUT2D eigenvalue weighted by Gasteiger charge is 2.17. The van der Waals surface area contributed by atoms with Gasteiger partial charge in [-0.3, -0.25) is 0 Å². The SMILES string of the molecule is Cc1ccccc1CNS(=O)(=O)c1cc(N)ccc1C. The second-order valence-corrected chi connectivity index (χ2v) is 6.51. The Morgan fingerprint density at radius 3 is 2.45 bits per heavy atom. The summed E-state index contributed by atoms with van der Waals surface area (Å²) in [6.07, 6.45) is 0. The molecule has 2 aromatic carbocycles. The molecule has 0 unspecified atom stereocenters. The molecule has 0 aliphatic rings. The summed E-state index contributed by atoms with van der Waals surface area (Å²) in [5, 5.41) is 0. The summed E-state index contributed by atoms with van der Waals surface area (Å²) in [4.78, 5) is 0.228. The third-order valence-electron chi connectivity index (χ3n) is 3.22. The largest absolute Gasteiger partial charge is 0.399 e. The van der Waals surface area contributed by atoms with E-state index in [1.165, 1.54) is 6.07 Å². The molecule has 4 nitrogen and oxygen atoms in total. The van der Waals surface area contributed by atoms with Gasteiger partial charge in [-0.25, -0.2) is 13.1 Å². The molecule has 0 aliphatic heterocycles. The first-order valence-electron chi connectivity index (χ1n) is 6.30. The maximum Gasteiger partial charge on any atom is 0.241 e. The number of sulfonamides is 1. The zero-order valence-corrected chi connectivity index (χ0v) is 12.4. The number of benzene rings is 2. The van der Waals surface area contributed by atoms with Gasteiger partial charge in [0.25, 0.3) is 0 Å². The number of nitrogen functional groups attached to an aromatic ring is 1. The van der Waals surface area contributed by atoms with E-state index in [1.54, 1.807) is 19.1 Å². The van der Waals surface area contributed by atoms with E-state index in [4.69, 9.17) is 5.73 Å². The van der Waals surface area contributed by atoms with Gasteiger partial charge in [0, 0.05) is 12.2 Å². The highest BCUT2D eigenvalue weighted by molar-refractivity contribution is 7.89. The molecule has 0 fully saturated rings. The van der Waals surface area contributed by atoms with E-state index < -0.39 is 10.0 Å². The minimum absolute atomic E-state index is 0.228. The van der Waals surface area contributed by atoms with Gasteiger partial charge in [0.2, 0.25) is 10.0 Å². The van der Waals surface area contributed by atoms with Crippen molar-refractivity contribution in [3.8, 4) is 0 Å². The van der Waals surface area contributed by atoms with Crippen molar-refractivity contribution in [2.24, 2.45) is 0 Å². The van der Waals surface area contributed by atoms with Crippen LogP contribution in [0.2, 0.25) is 0 Å². The number of hydrogen-bond acceptors (Lipinski definition) is 3. The summed E-state index contributed by atoms with van der Waals surface area (Å²) < 4.78 is 27.3. The summed E-state index contributed by atoms with van der Waals surface area (Å²) in [7, 11) is -3.56. The standard InChI is InChI=1S/C15H18N2O2S/c1-11-5-3-4-6-13(11)10-17-20(18,19)15-9-14(16)8-7-12(15)2/h3-9,17H,10,16H2,1-2H3. The van der Waals surface area contributed by atoms with Crippen molar-refractivity contribution in [1.29, 1.82) is 0 Å². The third kappa shape index (κ3) is 3.18. The summed E-state index contributed by atoms with van der Waals surface area (Å²) >= 11 is 0. The maximum atomic E-state index is 12.3. The van der Waals surface area contributed by atoms with Gasteiger partial charge in [-0.2, -0.15) is 0 Å². The molecule has 106 valence electrons. The Hall–Kier alpha value is -1.85. The molecule has 3 N–H and O–H groups in total. The molecule has 2 rings (SSSR count). The third-order valence-corrected chi connectivity index (χ3v) is 4.76. The Kier molecular flexibility index (Phi) is 4.11. The predicted octanol–water partition coefficient (Wildman–Crippen LogP) is 2.36. The van der Waals surface area contributed by atoms with Crippen LogP contribution in [0.1, 0.15) is 16.7 Å². The molecule has 0 atom stereocenters. The quantitative estimate of drug-likeness (QED) is 0.849. The van der Waals surface area contributed by atoms with E-state index in [0.29, 0.717) is 11.3 Å². The van der Waals surface area contributed by atoms with Gasteiger partial charge in [-0.1, -0.05) is 30.3 Å². The van der Waals surface area contributed by atoms with Crippen molar-refractivity contribution in [2.75, 3.05) is 5.73 Å². The number of rotatable bonds is 4. The van der Waals surface area contributed by atoms with Crippen LogP contribution < -0.4 is 10.5 Å². The topological polar surface area (TPSA) is 72.2 Å². The molecule has 0 aliphatic carbocycles. The zero-order valence-electron chi connectivity index (χ0n) is 11.6. The number of aryl methyl sites for hydroxylation is 2. The van der Waals surface area contributed by atoms with Crippen LogP contribution >= 0.6 is 0 Å². The summed E-state index contributed by atoms with van der Waals surface area (Å²) in [5.41, 5.74) is 8.79. The Labute approximate surface area is 119 Å². The Balaban J connectivity index is 2.24. The molecule has 0 spiro atoms. The van der Waals surface area contributed by atoms with E-state index in [9.17, 15) is 8.42 Å². The predicted molar refractivity (Wildman–Crippen MR) is 80.8 cm³/mol. The Morgan fingerprint density at radius 1 is 1.05 bits per heavy atom. The molecule has 0 heterocycles. The first kappa shape index (κ1) is 14.6. The highest BCUT2D eigenvalue weighted by Crippen LogP contribution is 2.18. The lowest BCUT2D eigenvalue weighted by Gasteiger charge is -2.11. The van der Waals surface area contributed by atoms with Crippen molar-refractivity contribution in [3.63, 3.8) is 0 Å². The monoisotopic (exact) mass is 290 g/mol. The van der Waals surface area contributed by atoms with Crippen molar-refractivity contribution in [3.05, 3.63) is 59.2 Å². The number of nitrogens with one attached hydrogen (secondary N) is 1. The van der Waals surface area contributed by atoms with Crippen LogP contribution in [0.5, 0.6) is 0 Å². The number of hydrogen-bond donors (Lipinski definition) is 2. The van der Waals surface area contributed by atoms with E-state index in [0.717, 1.165) is 11.1 Å². The minimum atomic E-state index is -3.56. The van der Waals surface area contributed by atoms with Crippen LogP contribution in [0.15, 0.2) is 47.4 Å². The van der Waals surface area contributed by atoms with Gasteiger partial charge < -0.3 is 5.73 Å². The summed E-state index contributed by atoms with van der Waals surface area (Å²) in [6.45, 7) is 3.97. The average Bonchev–Trinajstić information content (AvgIpc) is 2.40. The Morgan fingerprint density at radius 2 is 1.75 bits per heavy atom. The van der Waals surface area contributed by atoms with Crippen molar-refractivity contribution in [1.82, 2.24) is 4.72 Å². The molecule has 0 bridgehead atoms. The van der Waals surface area contributed by atoms with Gasteiger partial charge in [-0.05, 0) is 42.7 Å². The number of nitrogens with two attached hydrogens (primary N) is 1. The van der Waals surface area contributed by atoms with Gasteiger partial charge in [-0.15, -0.1) is 0 Å². The van der Waals surface area contributed by atoms with Crippen molar-refractivity contribution in [2.45, 2.75) is 25.3 Å². The fourth-order valence-electron chi connectivity index (χ4n) is 1.97. The molecule has 5 heteroatoms. The maximum absolute atomic E-state index is 12.3. The normalized spacial score (nSPS) is 11.5. The van der Waals surface area contributed by atoms with Gasteiger partial charge in [0.05, 0.1) is 4.90 Å². The Bertz CT molecular complexity index is 724. The van der Waals surface area contributed by atoms with E-state index in [-0.39, 0.29) is 11.4 Å². The number of anilines is 1. The van der Waals surface area contributed by atoms with Crippen LogP contribution in [-0.4, -0.2) is 8.42 Å². The zero-order chi connectivity index (χ0) is 14.8. The van der Waals surface area contributed by atoms with E-state index >= 15 is 0 Å². The molecule has 2 aromatic rings. The molecular formula is C15H18N2O2S. The fraction of sp³-hybridized carbons (Fsp3) is 0.200. The van der Waals surface area contributed by atoms with E-state index in [1.807, 2.05) is 31.2 Å². The first-order valence-corrected chi connectivity index (χ1v) is 7.79. The van der Waals surface area contributed by atoms with Gasteiger partial charge in [0.15, 0.2) is 0 Å². The summed E-state index contributed by atoms with van der Waals surface area (Å²) in [5.74, 6) is 0.